The monoisotopic (exact) mass is 449 g/mol. The van der Waals surface area contributed by atoms with Crippen LogP contribution in [0.25, 0.3) is 0 Å². The summed E-state index contributed by atoms with van der Waals surface area (Å²) in [6, 6.07) is 0.115. The van der Waals surface area contributed by atoms with Crippen LogP contribution in [0.5, 0.6) is 0 Å². The van der Waals surface area contributed by atoms with E-state index in [1.807, 2.05) is 14.0 Å². The molecule has 0 bridgehead atoms. The number of amides is 3. The number of carbonyl (C=O) groups excluding carboxylic acids is 2. The summed E-state index contributed by atoms with van der Waals surface area (Å²) in [6.07, 6.45) is 2.89. The Morgan fingerprint density at radius 2 is 1.83 bits per heavy atom. The second-order valence-corrected chi connectivity index (χ2v) is 7.81. The van der Waals surface area contributed by atoms with Gasteiger partial charge in [0.05, 0.1) is 0 Å². The molecule has 3 rings (SSSR count). The van der Waals surface area contributed by atoms with E-state index in [9.17, 15) is 9.59 Å². The molecular weight excluding hydrogens is 421 g/mol. The fraction of sp³-hybridized carbons (Fsp3) is 0.812. The Morgan fingerprint density at radius 3 is 2.25 bits per heavy atom. The van der Waals surface area contributed by atoms with Crippen LogP contribution in [0.4, 0.5) is 4.79 Å². The van der Waals surface area contributed by atoms with Crippen LogP contribution in [0.15, 0.2) is 4.99 Å². The molecule has 1 aliphatic carbocycles. The van der Waals surface area contributed by atoms with E-state index in [4.69, 9.17) is 0 Å². The van der Waals surface area contributed by atoms with Crippen LogP contribution >= 0.6 is 24.0 Å². The van der Waals surface area contributed by atoms with Gasteiger partial charge in [-0.1, -0.05) is 13.8 Å². The van der Waals surface area contributed by atoms with Crippen molar-refractivity contribution in [2.45, 2.75) is 51.6 Å². The lowest BCUT2D eigenvalue weighted by Crippen LogP contribution is -2.55. The minimum atomic E-state index is -0.779. The maximum Gasteiger partial charge on any atom is 0.322 e. The molecule has 24 heavy (non-hydrogen) atoms. The molecule has 0 spiro atoms. The van der Waals surface area contributed by atoms with Gasteiger partial charge >= 0.3 is 6.03 Å². The quantitative estimate of drug-likeness (QED) is 0.257. The zero-order valence-electron chi connectivity index (χ0n) is 14.8. The summed E-state index contributed by atoms with van der Waals surface area (Å²) in [4.78, 5) is 30.2. The van der Waals surface area contributed by atoms with Crippen LogP contribution in [0.1, 0.15) is 40.0 Å². The van der Waals surface area contributed by atoms with Crippen molar-refractivity contribution in [2.75, 3.05) is 20.1 Å². The van der Waals surface area contributed by atoms with E-state index < -0.39 is 5.54 Å². The molecule has 3 fully saturated rings. The number of piperidine rings is 1. The molecule has 2 saturated heterocycles. The fourth-order valence-electron chi connectivity index (χ4n) is 3.68. The molecule has 0 radical (unpaired) electrons. The lowest BCUT2D eigenvalue weighted by atomic mass is 9.79. The predicted molar refractivity (Wildman–Crippen MR) is 103 cm³/mol. The lowest BCUT2D eigenvalue weighted by molar-refractivity contribution is -0.125. The summed E-state index contributed by atoms with van der Waals surface area (Å²) in [5, 5.41) is 8.69. The Labute approximate surface area is 160 Å². The Morgan fingerprint density at radius 1 is 1.25 bits per heavy atom. The Kier molecular flexibility index (Phi) is 5.37. The molecule has 3 aliphatic rings. The first-order valence-corrected chi connectivity index (χ1v) is 8.38. The van der Waals surface area contributed by atoms with Gasteiger partial charge < -0.3 is 15.5 Å². The van der Waals surface area contributed by atoms with Gasteiger partial charge in [0, 0.05) is 26.2 Å². The Balaban J connectivity index is 0.00000208. The first kappa shape index (κ1) is 19.3. The number of hydrogen-bond acceptors (Lipinski definition) is 3. The van der Waals surface area contributed by atoms with Gasteiger partial charge in [-0.05, 0) is 37.5 Å². The van der Waals surface area contributed by atoms with Gasteiger partial charge in [-0.3, -0.25) is 15.1 Å². The number of halogens is 1. The van der Waals surface area contributed by atoms with E-state index >= 15 is 0 Å². The largest absolute Gasteiger partial charge is 0.353 e. The number of imide groups is 1. The van der Waals surface area contributed by atoms with Gasteiger partial charge in [-0.25, -0.2) is 4.79 Å². The number of nitrogens with one attached hydrogen (secondary N) is 3. The highest BCUT2D eigenvalue weighted by Crippen LogP contribution is 2.44. The van der Waals surface area contributed by atoms with Gasteiger partial charge in [0.25, 0.3) is 5.91 Å². The zero-order chi connectivity index (χ0) is 16.8. The lowest BCUT2D eigenvalue weighted by Gasteiger charge is -2.39. The van der Waals surface area contributed by atoms with Crippen LogP contribution in [0, 0.1) is 11.3 Å². The third kappa shape index (κ3) is 3.48. The van der Waals surface area contributed by atoms with Gasteiger partial charge in [0.2, 0.25) is 0 Å². The number of carbonyl (C=O) groups is 2. The summed E-state index contributed by atoms with van der Waals surface area (Å²) in [7, 11) is 1.82. The number of nitrogens with zero attached hydrogens (tertiary/aromatic N) is 2. The maximum absolute atomic E-state index is 12.1. The molecule has 0 aromatic rings. The highest BCUT2D eigenvalue weighted by Gasteiger charge is 2.49. The molecule has 0 aromatic heterocycles. The normalized spacial score (nSPS) is 32.8. The first-order chi connectivity index (χ1) is 10.8. The van der Waals surface area contributed by atoms with Gasteiger partial charge in [-0.2, -0.15) is 0 Å². The molecule has 3 amide bonds. The number of likely N-dealkylation sites (tertiary alicyclic amines) is 1. The number of hydrogen-bond donors (Lipinski definition) is 3. The van der Waals surface area contributed by atoms with Gasteiger partial charge in [0.15, 0.2) is 5.96 Å². The van der Waals surface area contributed by atoms with E-state index in [-0.39, 0.29) is 41.8 Å². The molecule has 2 unspecified atom stereocenters. The highest BCUT2D eigenvalue weighted by molar-refractivity contribution is 14.0. The standard InChI is InChI=1S/C16H27N5O2.HI/c1-15(2)9-11(15)18-13(17-4)21-7-5-10(6-8-21)16(3)12(22)19-14(23)20-16;/h10-11H,5-9H2,1-4H3,(H,17,18)(H2,19,20,22,23);1H. The van der Waals surface area contributed by atoms with E-state index in [1.54, 1.807) is 0 Å². The molecule has 3 N–H and O–H groups in total. The summed E-state index contributed by atoms with van der Waals surface area (Å²) < 4.78 is 0. The minimum Gasteiger partial charge on any atom is -0.353 e. The molecule has 0 aromatic carbocycles. The van der Waals surface area contributed by atoms with E-state index in [0.29, 0.717) is 11.5 Å². The molecule has 2 aliphatic heterocycles. The first-order valence-electron chi connectivity index (χ1n) is 8.38. The number of urea groups is 1. The highest BCUT2D eigenvalue weighted by atomic mass is 127. The summed E-state index contributed by atoms with van der Waals surface area (Å²) >= 11 is 0. The van der Waals surface area contributed by atoms with Crippen LogP contribution in [-0.2, 0) is 4.79 Å². The number of aliphatic imine (C=N–C) groups is 1. The molecule has 8 heteroatoms. The minimum absolute atomic E-state index is 0. The average molecular weight is 449 g/mol. The van der Waals surface area contributed by atoms with Crippen molar-refractivity contribution in [2.24, 2.45) is 16.3 Å². The van der Waals surface area contributed by atoms with E-state index in [2.05, 4.69) is 39.7 Å². The van der Waals surface area contributed by atoms with Crippen LogP contribution < -0.4 is 16.0 Å². The van der Waals surface area contributed by atoms with E-state index in [0.717, 1.165) is 31.9 Å². The summed E-state index contributed by atoms with van der Waals surface area (Å²) in [6.45, 7) is 8.03. The molecule has 136 valence electrons. The van der Waals surface area contributed by atoms with Crippen molar-refractivity contribution in [3.63, 3.8) is 0 Å². The summed E-state index contributed by atoms with van der Waals surface area (Å²) in [5.41, 5.74) is -0.424. The van der Waals surface area contributed by atoms with Crippen LogP contribution in [0.2, 0.25) is 0 Å². The van der Waals surface area contributed by atoms with Crippen LogP contribution in [0.3, 0.4) is 0 Å². The third-order valence-electron chi connectivity index (χ3n) is 5.71. The molecule has 2 atom stereocenters. The van der Waals surface area contributed by atoms with Gasteiger partial charge in [-0.15, -0.1) is 24.0 Å². The SMILES string of the molecule is CN=C(NC1CC1(C)C)N1CCC(C2(C)NC(=O)NC2=O)CC1.I. The van der Waals surface area contributed by atoms with Crippen LogP contribution in [-0.4, -0.2) is 54.5 Å². The van der Waals surface area contributed by atoms with Gasteiger partial charge in [0.1, 0.15) is 5.54 Å². The van der Waals surface area contributed by atoms with Crippen molar-refractivity contribution in [1.82, 2.24) is 20.9 Å². The maximum atomic E-state index is 12.1. The molecule has 7 nitrogen and oxygen atoms in total. The third-order valence-corrected chi connectivity index (χ3v) is 5.71. The number of guanidine groups is 1. The second kappa shape index (κ2) is 6.68. The van der Waals surface area contributed by atoms with Crippen molar-refractivity contribution < 1.29 is 9.59 Å². The molecule has 1 saturated carbocycles. The van der Waals surface area contributed by atoms with Crippen molar-refractivity contribution in [3.8, 4) is 0 Å². The van der Waals surface area contributed by atoms with Crippen molar-refractivity contribution >= 4 is 41.9 Å². The molecular formula is C16H28IN5O2. The zero-order valence-corrected chi connectivity index (χ0v) is 17.1. The van der Waals surface area contributed by atoms with Crippen molar-refractivity contribution in [1.29, 1.82) is 0 Å². The van der Waals surface area contributed by atoms with E-state index in [1.165, 1.54) is 6.42 Å². The smallest absolute Gasteiger partial charge is 0.322 e. The topological polar surface area (TPSA) is 85.8 Å². The second-order valence-electron chi connectivity index (χ2n) is 7.81. The fourth-order valence-corrected chi connectivity index (χ4v) is 3.68. The average Bonchev–Trinajstić information content (AvgIpc) is 3.00. The molecule has 2 heterocycles. The number of rotatable bonds is 2. The summed E-state index contributed by atoms with van der Waals surface area (Å²) in [5.74, 6) is 0.896. The Bertz CT molecular complexity index is 557. The predicted octanol–water partition coefficient (Wildman–Crippen LogP) is 1.29. The van der Waals surface area contributed by atoms with Crippen molar-refractivity contribution in [3.05, 3.63) is 0 Å². The Hall–Kier alpha value is -1.06.